The fourth-order valence-electron chi connectivity index (χ4n) is 2.79. The van der Waals surface area contributed by atoms with E-state index in [1.807, 2.05) is 0 Å². The molecule has 0 bridgehead atoms. The first-order valence-corrected chi connectivity index (χ1v) is 9.37. The summed E-state index contributed by atoms with van der Waals surface area (Å²) in [5.41, 5.74) is 1.53. The van der Waals surface area contributed by atoms with Crippen molar-refractivity contribution in [3.05, 3.63) is 65.8 Å². The number of carbonyl (C=O) groups is 2. The van der Waals surface area contributed by atoms with Crippen molar-refractivity contribution in [3.63, 3.8) is 0 Å². The maximum absolute atomic E-state index is 13.0. The van der Waals surface area contributed by atoms with Gasteiger partial charge in [0.25, 0.3) is 5.91 Å². The standard InChI is InChI=1S/C21H19FN4O3/c22-14-7-5-13(6-8-14)20-25-19(29-26-20)12-11-18(27)24-17-4-2-1-3-16(17)21(28)23-15-9-10-15/h1-8,15H,9-12H2,(H,23,28)(H,24,27). The molecular weight excluding hydrogens is 375 g/mol. The summed E-state index contributed by atoms with van der Waals surface area (Å²) in [5.74, 6) is -0.163. The molecule has 1 aliphatic carbocycles. The van der Waals surface area contributed by atoms with Crippen molar-refractivity contribution in [2.75, 3.05) is 5.32 Å². The van der Waals surface area contributed by atoms with Gasteiger partial charge >= 0.3 is 0 Å². The summed E-state index contributed by atoms with van der Waals surface area (Å²) in [6.07, 6.45) is 2.34. The van der Waals surface area contributed by atoms with Crippen molar-refractivity contribution in [1.29, 1.82) is 0 Å². The van der Waals surface area contributed by atoms with Crippen molar-refractivity contribution >= 4 is 17.5 Å². The number of aromatic nitrogens is 2. The Morgan fingerprint density at radius 1 is 1.10 bits per heavy atom. The molecule has 0 spiro atoms. The molecule has 2 amide bonds. The minimum atomic E-state index is -0.347. The Morgan fingerprint density at radius 2 is 1.86 bits per heavy atom. The number of benzene rings is 2. The van der Waals surface area contributed by atoms with E-state index in [1.54, 1.807) is 36.4 Å². The molecule has 1 aromatic heterocycles. The zero-order valence-electron chi connectivity index (χ0n) is 15.5. The predicted octanol–water partition coefficient (Wildman–Crippen LogP) is 3.34. The first-order chi connectivity index (χ1) is 14.1. The fraction of sp³-hybridized carbons (Fsp3) is 0.238. The van der Waals surface area contributed by atoms with Gasteiger partial charge in [-0.25, -0.2) is 4.39 Å². The molecule has 2 aromatic carbocycles. The smallest absolute Gasteiger partial charge is 0.253 e. The Balaban J connectivity index is 1.35. The number of hydrogen-bond donors (Lipinski definition) is 2. The van der Waals surface area contributed by atoms with Crippen molar-refractivity contribution < 1.29 is 18.5 Å². The topological polar surface area (TPSA) is 97.1 Å². The molecule has 0 atom stereocenters. The average Bonchev–Trinajstić information content (AvgIpc) is 3.41. The molecule has 0 radical (unpaired) electrons. The van der Waals surface area contributed by atoms with E-state index in [4.69, 9.17) is 4.52 Å². The average molecular weight is 394 g/mol. The molecule has 4 rings (SSSR count). The lowest BCUT2D eigenvalue weighted by molar-refractivity contribution is -0.116. The number of nitrogens with one attached hydrogen (secondary N) is 2. The number of aryl methyl sites for hydroxylation is 1. The van der Waals surface area contributed by atoms with Crippen LogP contribution in [-0.2, 0) is 11.2 Å². The van der Waals surface area contributed by atoms with E-state index in [2.05, 4.69) is 20.8 Å². The molecule has 148 valence electrons. The van der Waals surface area contributed by atoms with Crippen LogP contribution in [0.2, 0.25) is 0 Å². The van der Waals surface area contributed by atoms with Gasteiger partial charge in [0.1, 0.15) is 5.82 Å². The van der Waals surface area contributed by atoms with E-state index in [1.165, 1.54) is 12.1 Å². The molecule has 1 aliphatic rings. The second-order valence-corrected chi connectivity index (χ2v) is 6.86. The Morgan fingerprint density at radius 3 is 2.62 bits per heavy atom. The molecule has 8 heteroatoms. The summed E-state index contributed by atoms with van der Waals surface area (Å²) in [7, 11) is 0. The minimum absolute atomic E-state index is 0.115. The van der Waals surface area contributed by atoms with E-state index in [-0.39, 0.29) is 36.5 Å². The van der Waals surface area contributed by atoms with Crippen molar-refractivity contribution in [1.82, 2.24) is 15.5 Å². The highest BCUT2D eigenvalue weighted by Gasteiger charge is 2.25. The van der Waals surface area contributed by atoms with Gasteiger partial charge in [0.2, 0.25) is 17.6 Å². The third-order valence-electron chi connectivity index (χ3n) is 4.49. The SMILES string of the molecule is O=C(CCc1nc(-c2ccc(F)cc2)no1)Nc1ccccc1C(=O)NC1CC1. The molecule has 0 saturated heterocycles. The summed E-state index contributed by atoms with van der Waals surface area (Å²) >= 11 is 0. The molecular formula is C21H19FN4O3. The third-order valence-corrected chi connectivity index (χ3v) is 4.49. The second kappa shape index (κ2) is 8.22. The van der Waals surface area contributed by atoms with Gasteiger partial charge in [0.15, 0.2) is 0 Å². The van der Waals surface area contributed by atoms with Crippen LogP contribution >= 0.6 is 0 Å². The summed E-state index contributed by atoms with van der Waals surface area (Å²) in [5, 5.41) is 9.54. The largest absolute Gasteiger partial charge is 0.349 e. The predicted molar refractivity (Wildman–Crippen MR) is 104 cm³/mol. The molecule has 1 fully saturated rings. The normalized spacial score (nSPS) is 13.1. The third kappa shape index (κ3) is 4.84. The van der Waals surface area contributed by atoms with Crippen LogP contribution in [0.1, 0.15) is 35.5 Å². The quantitative estimate of drug-likeness (QED) is 0.641. The Hall–Kier alpha value is -3.55. The van der Waals surface area contributed by atoms with Gasteiger partial charge in [0, 0.05) is 24.4 Å². The zero-order chi connectivity index (χ0) is 20.2. The fourth-order valence-corrected chi connectivity index (χ4v) is 2.79. The Labute approximate surface area is 166 Å². The number of para-hydroxylation sites is 1. The van der Waals surface area contributed by atoms with Crippen molar-refractivity contribution in [3.8, 4) is 11.4 Å². The van der Waals surface area contributed by atoms with Crippen LogP contribution in [0.3, 0.4) is 0 Å². The Bertz CT molecular complexity index is 1030. The van der Waals surface area contributed by atoms with Gasteiger partial charge in [-0.1, -0.05) is 17.3 Å². The maximum atomic E-state index is 13.0. The van der Waals surface area contributed by atoms with Gasteiger partial charge in [-0.2, -0.15) is 4.98 Å². The van der Waals surface area contributed by atoms with Gasteiger partial charge in [-0.15, -0.1) is 0 Å². The number of nitrogens with zero attached hydrogens (tertiary/aromatic N) is 2. The van der Waals surface area contributed by atoms with Gasteiger partial charge in [-0.3, -0.25) is 9.59 Å². The van der Waals surface area contributed by atoms with E-state index in [0.717, 1.165) is 12.8 Å². The highest BCUT2D eigenvalue weighted by molar-refractivity contribution is 6.03. The van der Waals surface area contributed by atoms with E-state index < -0.39 is 0 Å². The molecule has 1 saturated carbocycles. The molecule has 0 unspecified atom stereocenters. The van der Waals surface area contributed by atoms with Crippen LogP contribution in [0.4, 0.5) is 10.1 Å². The van der Waals surface area contributed by atoms with Crippen LogP contribution in [0, 0.1) is 5.82 Å². The number of carbonyl (C=O) groups excluding carboxylic acids is 2. The van der Waals surface area contributed by atoms with Crippen LogP contribution in [-0.4, -0.2) is 28.0 Å². The minimum Gasteiger partial charge on any atom is -0.349 e. The Kier molecular flexibility index (Phi) is 5.33. The van der Waals surface area contributed by atoms with Crippen LogP contribution in [0.15, 0.2) is 53.1 Å². The number of anilines is 1. The molecule has 1 heterocycles. The van der Waals surface area contributed by atoms with Crippen LogP contribution in [0.5, 0.6) is 0 Å². The van der Waals surface area contributed by atoms with E-state index >= 15 is 0 Å². The highest BCUT2D eigenvalue weighted by atomic mass is 19.1. The highest BCUT2D eigenvalue weighted by Crippen LogP contribution is 2.22. The second-order valence-electron chi connectivity index (χ2n) is 6.86. The monoisotopic (exact) mass is 394 g/mol. The first kappa shape index (κ1) is 18.8. The molecule has 7 nitrogen and oxygen atoms in total. The lowest BCUT2D eigenvalue weighted by Crippen LogP contribution is -2.27. The lowest BCUT2D eigenvalue weighted by atomic mass is 10.1. The number of hydrogen-bond acceptors (Lipinski definition) is 5. The summed E-state index contributed by atoms with van der Waals surface area (Å²) in [6.45, 7) is 0. The zero-order valence-corrected chi connectivity index (χ0v) is 15.5. The molecule has 29 heavy (non-hydrogen) atoms. The van der Waals surface area contributed by atoms with Gasteiger partial charge < -0.3 is 15.2 Å². The van der Waals surface area contributed by atoms with Crippen LogP contribution < -0.4 is 10.6 Å². The molecule has 0 aliphatic heterocycles. The van der Waals surface area contributed by atoms with Crippen molar-refractivity contribution in [2.45, 2.75) is 31.7 Å². The summed E-state index contributed by atoms with van der Waals surface area (Å²) in [4.78, 5) is 28.9. The van der Waals surface area contributed by atoms with Gasteiger partial charge in [0.05, 0.1) is 11.3 Å². The summed E-state index contributed by atoms with van der Waals surface area (Å²) in [6, 6.07) is 12.9. The van der Waals surface area contributed by atoms with E-state index in [0.29, 0.717) is 28.5 Å². The lowest BCUT2D eigenvalue weighted by Gasteiger charge is -2.10. The maximum Gasteiger partial charge on any atom is 0.253 e. The van der Waals surface area contributed by atoms with Crippen LogP contribution in [0.25, 0.3) is 11.4 Å². The number of rotatable bonds is 7. The van der Waals surface area contributed by atoms with Gasteiger partial charge in [-0.05, 0) is 49.2 Å². The first-order valence-electron chi connectivity index (χ1n) is 9.37. The molecule has 2 N–H and O–H groups in total. The number of amides is 2. The number of halogens is 1. The summed E-state index contributed by atoms with van der Waals surface area (Å²) < 4.78 is 18.2. The van der Waals surface area contributed by atoms with Crippen molar-refractivity contribution in [2.24, 2.45) is 0 Å². The molecule has 3 aromatic rings. The van der Waals surface area contributed by atoms with E-state index in [9.17, 15) is 14.0 Å².